The van der Waals surface area contributed by atoms with Crippen molar-refractivity contribution in [1.29, 1.82) is 0 Å². The first-order valence-electron chi connectivity index (χ1n) is 5.18. The van der Waals surface area contributed by atoms with Gasteiger partial charge in [-0.3, -0.25) is 9.59 Å². The van der Waals surface area contributed by atoms with Crippen LogP contribution in [0.3, 0.4) is 0 Å². The topological polar surface area (TPSA) is 80.4 Å². The van der Waals surface area contributed by atoms with Crippen molar-refractivity contribution in [3.05, 3.63) is 35.4 Å². The highest BCUT2D eigenvalue weighted by Crippen LogP contribution is 2.31. The number of carboxylic acid groups (broad SMARTS) is 1. The molecule has 0 aliphatic heterocycles. The molecule has 0 fully saturated rings. The lowest BCUT2D eigenvalue weighted by molar-refractivity contribution is -0.148. The van der Waals surface area contributed by atoms with Crippen LogP contribution in [-0.4, -0.2) is 17.0 Å². The van der Waals surface area contributed by atoms with Crippen LogP contribution in [0.1, 0.15) is 11.1 Å². The fourth-order valence-electron chi connectivity index (χ4n) is 2.38. The van der Waals surface area contributed by atoms with Gasteiger partial charge in [0.1, 0.15) is 5.92 Å². The Labute approximate surface area is 93.1 Å². The Hall–Kier alpha value is -1.84. The maximum atomic E-state index is 11.1. The van der Waals surface area contributed by atoms with Gasteiger partial charge in [-0.15, -0.1) is 0 Å². The molecule has 16 heavy (non-hydrogen) atoms. The minimum Gasteiger partial charge on any atom is -0.481 e. The summed E-state index contributed by atoms with van der Waals surface area (Å²) in [7, 11) is 0. The van der Waals surface area contributed by atoms with Crippen molar-refractivity contribution in [2.45, 2.75) is 12.8 Å². The zero-order valence-corrected chi connectivity index (χ0v) is 8.72. The molecule has 0 aromatic heterocycles. The standard InChI is InChI=1S/C12H13NO3/c13-11(14)10(12(15)16)9-5-7-3-1-2-4-8(7)6-9/h1-4,9-10H,5-6H2,(H2,13,14)(H,15,16). The minimum absolute atomic E-state index is 0.201. The Morgan fingerprint density at radius 2 is 1.75 bits per heavy atom. The summed E-state index contributed by atoms with van der Waals surface area (Å²) in [5, 5.41) is 8.98. The predicted molar refractivity (Wildman–Crippen MR) is 57.7 cm³/mol. The molecule has 0 saturated carbocycles. The lowest BCUT2D eigenvalue weighted by Crippen LogP contribution is -2.36. The number of hydrogen-bond donors (Lipinski definition) is 2. The van der Waals surface area contributed by atoms with E-state index in [0.29, 0.717) is 12.8 Å². The summed E-state index contributed by atoms with van der Waals surface area (Å²) < 4.78 is 0. The van der Waals surface area contributed by atoms with Crippen LogP contribution < -0.4 is 5.73 Å². The van der Waals surface area contributed by atoms with E-state index in [1.807, 2.05) is 24.3 Å². The largest absolute Gasteiger partial charge is 0.481 e. The van der Waals surface area contributed by atoms with Gasteiger partial charge < -0.3 is 10.8 Å². The summed E-state index contributed by atoms with van der Waals surface area (Å²) in [6.07, 6.45) is 1.24. The fraction of sp³-hybridized carbons (Fsp3) is 0.333. The van der Waals surface area contributed by atoms with E-state index in [0.717, 1.165) is 11.1 Å². The highest BCUT2D eigenvalue weighted by Gasteiger charge is 2.36. The van der Waals surface area contributed by atoms with Crippen molar-refractivity contribution in [3.8, 4) is 0 Å². The number of aliphatic carboxylic acids is 1. The van der Waals surface area contributed by atoms with E-state index < -0.39 is 17.8 Å². The second-order valence-electron chi connectivity index (χ2n) is 4.16. The molecule has 0 heterocycles. The van der Waals surface area contributed by atoms with Gasteiger partial charge in [0.15, 0.2) is 0 Å². The molecule has 1 unspecified atom stereocenters. The molecular formula is C12H13NO3. The Morgan fingerprint density at radius 1 is 1.25 bits per heavy atom. The zero-order valence-electron chi connectivity index (χ0n) is 8.72. The monoisotopic (exact) mass is 219 g/mol. The van der Waals surface area contributed by atoms with Gasteiger partial charge in [-0.1, -0.05) is 24.3 Å². The van der Waals surface area contributed by atoms with Gasteiger partial charge in [0.2, 0.25) is 5.91 Å². The second-order valence-corrected chi connectivity index (χ2v) is 4.16. The summed E-state index contributed by atoms with van der Waals surface area (Å²) in [6.45, 7) is 0. The van der Waals surface area contributed by atoms with Crippen molar-refractivity contribution >= 4 is 11.9 Å². The van der Waals surface area contributed by atoms with Gasteiger partial charge in [-0.05, 0) is 29.9 Å². The average molecular weight is 219 g/mol. The second kappa shape index (κ2) is 3.96. The number of primary amides is 1. The highest BCUT2D eigenvalue weighted by atomic mass is 16.4. The average Bonchev–Trinajstić information content (AvgIpc) is 2.58. The number of carbonyl (C=O) groups excluding carboxylic acids is 1. The third-order valence-electron chi connectivity index (χ3n) is 3.13. The van der Waals surface area contributed by atoms with Gasteiger partial charge in [0.05, 0.1) is 0 Å². The minimum atomic E-state index is -1.12. The molecular weight excluding hydrogens is 206 g/mol. The molecule has 2 rings (SSSR count). The summed E-state index contributed by atoms with van der Waals surface area (Å²) in [4.78, 5) is 22.1. The molecule has 84 valence electrons. The molecule has 0 saturated heterocycles. The fourth-order valence-corrected chi connectivity index (χ4v) is 2.38. The van der Waals surface area contributed by atoms with Crippen LogP contribution in [0.5, 0.6) is 0 Å². The Balaban J connectivity index is 2.22. The van der Waals surface area contributed by atoms with Crippen LogP contribution in [0.2, 0.25) is 0 Å². The summed E-state index contributed by atoms with van der Waals surface area (Å²) in [5.41, 5.74) is 7.38. The molecule has 4 heteroatoms. The molecule has 1 aliphatic carbocycles. The molecule has 4 nitrogen and oxygen atoms in total. The van der Waals surface area contributed by atoms with Gasteiger partial charge in [0.25, 0.3) is 0 Å². The quantitative estimate of drug-likeness (QED) is 0.730. The zero-order chi connectivity index (χ0) is 11.7. The predicted octanol–water partition coefficient (Wildman–Crippen LogP) is 0.587. The normalized spacial score (nSPS) is 16.8. The van der Waals surface area contributed by atoms with E-state index in [-0.39, 0.29) is 5.92 Å². The number of fused-ring (bicyclic) bond motifs is 1. The van der Waals surface area contributed by atoms with Crippen LogP contribution in [0, 0.1) is 11.8 Å². The molecule has 0 spiro atoms. The van der Waals surface area contributed by atoms with Crippen molar-refractivity contribution < 1.29 is 14.7 Å². The number of benzene rings is 1. The number of amides is 1. The Bertz CT molecular complexity index is 403. The molecule has 1 amide bonds. The SMILES string of the molecule is NC(=O)C(C(=O)O)C1Cc2ccccc2C1. The smallest absolute Gasteiger partial charge is 0.316 e. The van der Waals surface area contributed by atoms with Gasteiger partial charge in [-0.25, -0.2) is 0 Å². The molecule has 1 atom stereocenters. The van der Waals surface area contributed by atoms with Crippen molar-refractivity contribution in [2.24, 2.45) is 17.6 Å². The lowest BCUT2D eigenvalue weighted by atomic mass is 9.89. The number of hydrogen-bond acceptors (Lipinski definition) is 2. The molecule has 1 aromatic carbocycles. The summed E-state index contributed by atoms with van der Waals surface area (Å²) in [6, 6.07) is 7.77. The third kappa shape index (κ3) is 1.78. The Kier molecular flexibility index (Phi) is 2.64. The van der Waals surface area contributed by atoms with Crippen LogP contribution in [0.4, 0.5) is 0 Å². The molecule has 0 bridgehead atoms. The molecule has 1 aliphatic rings. The van der Waals surface area contributed by atoms with Gasteiger partial charge in [0, 0.05) is 0 Å². The number of rotatable bonds is 3. The van der Waals surface area contributed by atoms with E-state index in [2.05, 4.69) is 0 Å². The highest BCUT2D eigenvalue weighted by molar-refractivity contribution is 5.96. The van der Waals surface area contributed by atoms with E-state index in [9.17, 15) is 9.59 Å². The van der Waals surface area contributed by atoms with Crippen molar-refractivity contribution in [3.63, 3.8) is 0 Å². The van der Waals surface area contributed by atoms with Gasteiger partial charge >= 0.3 is 5.97 Å². The number of nitrogens with two attached hydrogens (primary N) is 1. The van der Waals surface area contributed by atoms with Crippen molar-refractivity contribution in [2.75, 3.05) is 0 Å². The maximum absolute atomic E-state index is 11.1. The molecule has 3 N–H and O–H groups in total. The van der Waals surface area contributed by atoms with E-state index in [1.165, 1.54) is 0 Å². The first-order valence-corrected chi connectivity index (χ1v) is 5.18. The first-order chi connectivity index (χ1) is 7.59. The number of carbonyl (C=O) groups is 2. The molecule has 0 radical (unpaired) electrons. The van der Waals surface area contributed by atoms with Crippen LogP contribution in [-0.2, 0) is 22.4 Å². The van der Waals surface area contributed by atoms with Gasteiger partial charge in [-0.2, -0.15) is 0 Å². The molecule has 1 aromatic rings. The number of carboxylic acids is 1. The van der Waals surface area contributed by atoms with E-state index in [1.54, 1.807) is 0 Å². The maximum Gasteiger partial charge on any atom is 0.316 e. The van der Waals surface area contributed by atoms with Crippen LogP contribution in [0.15, 0.2) is 24.3 Å². The van der Waals surface area contributed by atoms with Crippen molar-refractivity contribution in [1.82, 2.24) is 0 Å². The van der Waals surface area contributed by atoms with Crippen LogP contribution in [0.25, 0.3) is 0 Å². The Morgan fingerprint density at radius 3 is 2.12 bits per heavy atom. The summed E-state index contributed by atoms with van der Waals surface area (Å²) >= 11 is 0. The van der Waals surface area contributed by atoms with E-state index >= 15 is 0 Å². The third-order valence-corrected chi connectivity index (χ3v) is 3.13. The lowest BCUT2D eigenvalue weighted by Gasteiger charge is -2.15. The first kappa shape index (κ1) is 10.7. The van der Waals surface area contributed by atoms with Crippen LogP contribution >= 0.6 is 0 Å². The summed E-state index contributed by atoms with van der Waals surface area (Å²) in [5.74, 6) is -3.14. The van der Waals surface area contributed by atoms with E-state index in [4.69, 9.17) is 10.8 Å².